The average molecular weight is 379 g/mol. The molecular weight excluding hydrogens is 358 g/mol. The molecule has 0 radical (unpaired) electrons. The first-order chi connectivity index (χ1) is 11.3. The Bertz CT molecular complexity index is 731. The van der Waals surface area contributed by atoms with Gasteiger partial charge in [-0.25, -0.2) is 8.42 Å². The highest BCUT2D eigenvalue weighted by Crippen LogP contribution is 2.57. The van der Waals surface area contributed by atoms with Crippen molar-refractivity contribution in [2.45, 2.75) is 24.2 Å². The van der Waals surface area contributed by atoms with Crippen LogP contribution in [0.1, 0.15) is 12.8 Å². The fourth-order valence-corrected chi connectivity index (χ4v) is 8.03. The number of nitrogens with zero attached hydrogens (tertiary/aromatic N) is 1. The maximum absolute atomic E-state index is 12.4. The second kappa shape index (κ2) is 5.65. The van der Waals surface area contributed by atoms with Gasteiger partial charge in [0.1, 0.15) is 11.9 Å². The molecule has 0 spiro atoms. The van der Waals surface area contributed by atoms with E-state index in [0.717, 1.165) is 6.42 Å². The molecule has 2 aliphatic heterocycles. The molecule has 4 fully saturated rings. The monoisotopic (exact) mass is 379 g/mol. The summed E-state index contributed by atoms with van der Waals surface area (Å²) >= 11 is 0. The zero-order chi connectivity index (χ0) is 17.1. The van der Waals surface area contributed by atoms with Crippen LogP contribution in [0, 0.1) is 17.8 Å². The van der Waals surface area contributed by atoms with Gasteiger partial charge in [0.25, 0.3) is 10.1 Å². The van der Waals surface area contributed by atoms with Gasteiger partial charge in [0.15, 0.2) is 9.84 Å². The van der Waals surface area contributed by atoms with Crippen LogP contribution < -0.4 is 0 Å². The Balaban J connectivity index is 1.31. The van der Waals surface area contributed by atoms with E-state index in [1.807, 2.05) is 4.90 Å². The van der Waals surface area contributed by atoms with Gasteiger partial charge in [-0.15, -0.1) is 0 Å². The predicted octanol–water partition coefficient (Wildman–Crippen LogP) is -0.987. The van der Waals surface area contributed by atoms with Crippen molar-refractivity contribution in [1.82, 2.24) is 4.90 Å². The minimum Gasteiger partial charge on any atom is -0.464 e. The van der Waals surface area contributed by atoms with E-state index in [9.17, 15) is 21.6 Å². The highest BCUT2D eigenvalue weighted by Gasteiger charge is 2.66. The fraction of sp³-hybridized carbons (Fsp3) is 0.929. The smallest absolute Gasteiger partial charge is 0.310 e. The first-order valence-electron chi connectivity index (χ1n) is 8.28. The van der Waals surface area contributed by atoms with Crippen LogP contribution in [-0.4, -0.2) is 76.8 Å². The summed E-state index contributed by atoms with van der Waals surface area (Å²) in [6.07, 6.45) is 1.09. The highest BCUT2D eigenvalue weighted by molar-refractivity contribution is 7.91. The number of ether oxygens (including phenoxy) is 1. The lowest BCUT2D eigenvalue weighted by Crippen LogP contribution is -2.42. The maximum atomic E-state index is 12.4. The van der Waals surface area contributed by atoms with E-state index in [0.29, 0.717) is 26.1 Å². The zero-order valence-electron chi connectivity index (χ0n) is 13.2. The van der Waals surface area contributed by atoms with Crippen molar-refractivity contribution in [2.75, 3.05) is 37.7 Å². The molecule has 0 aromatic carbocycles. The molecule has 5 atom stereocenters. The number of hydrogen-bond acceptors (Lipinski definition) is 8. The normalized spacial score (nSPS) is 42.2. The van der Waals surface area contributed by atoms with Crippen LogP contribution in [0.2, 0.25) is 0 Å². The van der Waals surface area contributed by atoms with E-state index >= 15 is 0 Å². The van der Waals surface area contributed by atoms with Gasteiger partial charge in [-0.1, -0.05) is 0 Å². The molecule has 2 aliphatic carbocycles. The number of esters is 1. The molecule has 4 rings (SSSR count). The summed E-state index contributed by atoms with van der Waals surface area (Å²) in [5, 5.41) is -0.742. The minimum atomic E-state index is -3.66. The predicted molar refractivity (Wildman–Crippen MR) is 83.3 cm³/mol. The van der Waals surface area contributed by atoms with Gasteiger partial charge in [-0.05, 0) is 18.8 Å². The van der Waals surface area contributed by atoms with Gasteiger partial charge in [-0.2, -0.15) is 8.42 Å². The molecule has 0 aromatic rings. The van der Waals surface area contributed by atoms with Crippen LogP contribution in [0.5, 0.6) is 0 Å². The second-order valence-electron chi connectivity index (χ2n) is 7.17. The molecule has 24 heavy (non-hydrogen) atoms. The lowest BCUT2D eigenvalue weighted by Gasteiger charge is -2.27. The molecule has 136 valence electrons. The highest BCUT2D eigenvalue weighted by atomic mass is 32.2. The van der Waals surface area contributed by atoms with Gasteiger partial charge in [0.05, 0.1) is 23.5 Å². The summed E-state index contributed by atoms with van der Waals surface area (Å²) in [6, 6.07) is 0. The SMILES string of the molecule is O=C(OCCN1CCS(=O)(=O)CC1)C1C2CC3OS(=O)(=O)C1C3C2. The van der Waals surface area contributed by atoms with Crippen LogP contribution in [0.25, 0.3) is 0 Å². The fourth-order valence-electron chi connectivity index (χ4n) is 4.66. The summed E-state index contributed by atoms with van der Waals surface area (Å²) in [5.74, 6) is -0.830. The lowest BCUT2D eigenvalue weighted by atomic mass is 9.87. The first kappa shape index (κ1) is 16.7. The van der Waals surface area contributed by atoms with Crippen LogP contribution in [0.3, 0.4) is 0 Å². The van der Waals surface area contributed by atoms with Crippen molar-refractivity contribution in [2.24, 2.45) is 17.8 Å². The molecule has 0 N–H and O–H groups in total. The number of carbonyl (C=O) groups is 1. The van der Waals surface area contributed by atoms with Crippen molar-refractivity contribution in [3.8, 4) is 0 Å². The third kappa shape index (κ3) is 2.77. The molecular formula is C14H21NO7S2. The van der Waals surface area contributed by atoms with Gasteiger partial charge in [0, 0.05) is 25.6 Å². The van der Waals surface area contributed by atoms with Crippen molar-refractivity contribution in [1.29, 1.82) is 0 Å². The Hall–Kier alpha value is -0.710. The molecule has 5 unspecified atom stereocenters. The Morgan fingerprint density at radius 3 is 2.54 bits per heavy atom. The van der Waals surface area contributed by atoms with Crippen LogP contribution in [0.15, 0.2) is 0 Å². The third-order valence-corrected chi connectivity index (χ3v) is 9.26. The van der Waals surface area contributed by atoms with Crippen molar-refractivity contribution >= 4 is 25.9 Å². The summed E-state index contributed by atoms with van der Waals surface area (Å²) < 4.78 is 57.4. The van der Waals surface area contributed by atoms with Gasteiger partial charge in [0.2, 0.25) is 0 Å². The van der Waals surface area contributed by atoms with Gasteiger partial charge < -0.3 is 4.74 Å². The van der Waals surface area contributed by atoms with E-state index in [1.54, 1.807) is 0 Å². The molecule has 2 saturated heterocycles. The zero-order valence-corrected chi connectivity index (χ0v) is 14.8. The summed E-state index contributed by atoms with van der Waals surface area (Å²) in [6.45, 7) is 1.52. The number of sulfone groups is 1. The molecule has 0 amide bonds. The Morgan fingerprint density at radius 2 is 1.83 bits per heavy atom. The number of rotatable bonds is 4. The van der Waals surface area contributed by atoms with E-state index in [1.165, 1.54) is 0 Å². The molecule has 2 heterocycles. The lowest BCUT2D eigenvalue weighted by molar-refractivity contribution is -0.150. The van der Waals surface area contributed by atoms with Crippen molar-refractivity contribution < 1.29 is 30.6 Å². The summed E-state index contributed by atoms with van der Waals surface area (Å²) in [7, 11) is -6.59. The van der Waals surface area contributed by atoms with E-state index < -0.39 is 37.1 Å². The number of fused-ring (bicyclic) bond motifs is 1. The molecule has 8 nitrogen and oxygen atoms in total. The molecule has 2 bridgehead atoms. The quantitative estimate of drug-likeness (QED) is 0.453. The number of carbonyl (C=O) groups excluding carboxylic acids is 1. The van der Waals surface area contributed by atoms with Crippen molar-refractivity contribution in [3.63, 3.8) is 0 Å². The Kier molecular flexibility index (Phi) is 3.94. The van der Waals surface area contributed by atoms with E-state index in [2.05, 4.69) is 0 Å². The van der Waals surface area contributed by atoms with Gasteiger partial charge in [-0.3, -0.25) is 13.9 Å². The third-order valence-electron chi connectivity index (χ3n) is 5.82. The minimum absolute atomic E-state index is 0.0369. The standard InChI is InChI=1S/C14H21NO7S2/c16-14(21-4-1-15-2-5-23(17,18)6-3-15)12-9-7-10-11(8-9)22-24(19,20)13(10)12/h9-13H,1-8H2. The molecule has 4 aliphatic rings. The van der Waals surface area contributed by atoms with Crippen LogP contribution in [0.4, 0.5) is 0 Å². The summed E-state index contributed by atoms with van der Waals surface area (Å²) in [4.78, 5) is 14.3. The molecule has 0 aromatic heterocycles. The molecule has 2 saturated carbocycles. The van der Waals surface area contributed by atoms with E-state index in [4.69, 9.17) is 8.92 Å². The second-order valence-corrected chi connectivity index (χ2v) is 11.2. The van der Waals surface area contributed by atoms with Crippen LogP contribution in [-0.2, 0) is 33.7 Å². The topological polar surface area (TPSA) is 107 Å². The number of hydrogen-bond donors (Lipinski definition) is 0. The van der Waals surface area contributed by atoms with Gasteiger partial charge >= 0.3 is 5.97 Å². The van der Waals surface area contributed by atoms with E-state index in [-0.39, 0.29) is 36.1 Å². The Morgan fingerprint density at radius 1 is 1.12 bits per heavy atom. The first-order valence-corrected chi connectivity index (χ1v) is 11.6. The average Bonchev–Trinajstić information content (AvgIpc) is 3.09. The summed E-state index contributed by atoms with van der Waals surface area (Å²) in [5.41, 5.74) is 0. The maximum Gasteiger partial charge on any atom is 0.310 e. The largest absolute Gasteiger partial charge is 0.464 e. The van der Waals surface area contributed by atoms with Crippen molar-refractivity contribution in [3.05, 3.63) is 0 Å². The Labute approximate surface area is 141 Å². The van der Waals surface area contributed by atoms with Crippen LogP contribution >= 0.6 is 0 Å². The molecule has 10 heteroatoms.